The van der Waals surface area contributed by atoms with Gasteiger partial charge in [-0.15, -0.1) is 0 Å². The van der Waals surface area contributed by atoms with Crippen LogP contribution in [0.25, 0.3) is 0 Å². The van der Waals surface area contributed by atoms with Gasteiger partial charge < -0.3 is 15.2 Å². The number of carbonyl (C=O) groups excluding carboxylic acids is 1. The largest absolute Gasteiger partial charge is 0.463 e. The Morgan fingerprint density at radius 3 is 2.67 bits per heavy atom. The molecule has 0 aromatic heterocycles. The number of carbonyl (C=O) groups is 1. The minimum Gasteiger partial charge on any atom is -0.463 e. The third kappa shape index (κ3) is 5.30. The molecule has 0 amide bonds. The number of unbranched alkanes of at least 4 members (excludes halogenated alkanes) is 2. The van der Waals surface area contributed by atoms with Gasteiger partial charge in [-0.25, -0.2) is 0 Å². The fourth-order valence-electron chi connectivity index (χ4n) is 2.90. The fourth-order valence-corrected chi connectivity index (χ4v) is 2.90. The van der Waals surface area contributed by atoms with Crippen molar-refractivity contribution >= 4 is 11.8 Å². The minimum absolute atomic E-state index is 0.0630. The van der Waals surface area contributed by atoms with Gasteiger partial charge >= 0.3 is 5.97 Å². The number of aliphatic imine (C=N–C) groups is 1. The van der Waals surface area contributed by atoms with Crippen molar-refractivity contribution < 1.29 is 14.3 Å². The predicted octanol–water partition coefficient (Wildman–Crippen LogP) is 2.28. The zero-order valence-corrected chi connectivity index (χ0v) is 13.1. The van der Waals surface area contributed by atoms with Gasteiger partial charge in [-0.1, -0.05) is 32.6 Å². The Bertz CT molecular complexity index is 367. The van der Waals surface area contributed by atoms with Crippen LogP contribution in [-0.2, 0) is 14.3 Å². The van der Waals surface area contributed by atoms with E-state index in [4.69, 9.17) is 15.2 Å². The predicted molar refractivity (Wildman–Crippen MR) is 82.2 cm³/mol. The van der Waals surface area contributed by atoms with E-state index in [0.29, 0.717) is 19.0 Å². The second-order valence-electron chi connectivity index (χ2n) is 6.10. The Labute approximate surface area is 127 Å². The number of esters is 1. The van der Waals surface area contributed by atoms with Crippen LogP contribution >= 0.6 is 0 Å². The monoisotopic (exact) mass is 296 g/mol. The molecule has 1 saturated heterocycles. The van der Waals surface area contributed by atoms with Crippen LogP contribution in [-0.4, -0.2) is 37.7 Å². The van der Waals surface area contributed by atoms with Gasteiger partial charge in [-0.2, -0.15) is 0 Å². The first-order valence-electron chi connectivity index (χ1n) is 8.30. The molecule has 0 aromatic carbocycles. The van der Waals surface area contributed by atoms with Crippen molar-refractivity contribution in [2.24, 2.45) is 22.6 Å². The topological polar surface area (TPSA) is 77.2 Å². The van der Waals surface area contributed by atoms with Gasteiger partial charge in [0.1, 0.15) is 12.7 Å². The second-order valence-corrected chi connectivity index (χ2v) is 6.10. The van der Waals surface area contributed by atoms with Crippen molar-refractivity contribution in [3.63, 3.8) is 0 Å². The number of epoxide rings is 1. The number of amidine groups is 1. The van der Waals surface area contributed by atoms with E-state index < -0.39 is 0 Å². The van der Waals surface area contributed by atoms with Crippen molar-refractivity contribution in [1.82, 2.24) is 0 Å². The summed E-state index contributed by atoms with van der Waals surface area (Å²) in [7, 11) is 0. The Morgan fingerprint density at radius 1 is 1.29 bits per heavy atom. The Kier molecular flexibility index (Phi) is 6.49. The molecule has 2 fully saturated rings. The first kappa shape index (κ1) is 16.3. The van der Waals surface area contributed by atoms with Crippen LogP contribution in [0.4, 0.5) is 0 Å². The molecule has 3 atom stereocenters. The van der Waals surface area contributed by atoms with Crippen LogP contribution in [0.5, 0.6) is 0 Å². The second kappa shape index (κ2) is 8.37. The van der Waals surface area contributed by atoms with Gasteiger partial charge in [-0.3, -0.25) is 9.79 Å². The number of ether oxygens (including phenoxy) is 2. The van der Waals surface area contributed by atoms with Crippen LogP contribution in [0.2, 0.25) is 0 Å². The van der Waals surface area contributed by atoms with Crippen LogP contribution in [0.1, 0.15) is 51.9 Å². The van der Waals surface area contributed by atoms with Crippen molar-refractivity contribution in [3.8, 4) is 0 Å². The first-order chi connectivity index (χ1) is 10.2. The lowest BCUT2D eigenvalue weighted by Crippen LogP contribution is -2.38. The molecule has 21 heavy (non-hydrogen) atoms. The van der Waals surface area contributed by atoms with Crippen LogP contribution in [0, 0.1) is 11.8 Å². The maximum absolute atomic E-state index is 12.2. The maximum Gasteiger partial charge on any atom is 0.309 e. The summed E-state index contributed by atoms with van der Waals surface area (Å²) in [6, 6.07) is 0. The average Bonchev–Trinajstić information content (AvgIpc) is 3.33. The third-order valence-corrected chi connectivity index (χ3v) is 4.32. The van der Waals surface area contributed by atoms with Crippen LogP contribution < -0.4 is 5.73 Å². The summed E-state index contributed by atoms with van der Waals surface area (Å²) in [5.74, 6) is 0.470. The number of hydrogen-bond acceptors (Lipinski definition) is 4. The quantitative estimate of drug-likeness (QED) is 0.245. The highest BCUT2D eigenvalue weighted by atomic mass is 16.6. The molecule has 0 radical (unpaired) electrons. The highest BCUT2D eigenvalue weighted by Gasteiger charge is 2.35. The van der Waals surface area contributed by atoms with Gasteiger partial charge in [-0.05, 0) is 19.3 Å². The summed E-state index contributed by atoms with van der Waals surface area (Å²) < 4.78 is 10.4. The molecule has 120 valence electrons. The van der Waals surface area contributed by atoms with Crippen LogP contribution in [0.3, 0.4) is 0 Å². The van der Waals surface area contributed by atoms with Gasteiger partial charge in [0, 0.05) is 12.5 Å². The van der Waals surface area contributed by atoms with Crippen molar-refractivity contribution in [2.75, 3.05) is 19.8 Å². The summed E-state index contributed by atoms with van der Waals surface area (Å²) in [4.78, 5) is 16.7. The zero-order chi connectivity index (χ0) is 15.1. The van der Waals surface area contributed by atoms with Gasteiger partial charge in [0.25, 0.3) is 0 Å². The van der Waals surface area contributed by atoms with Gasteiger partial charge in [0.05, 0.1) is 18.4 Å². The summed E-state index contributed by atoms with van der Waals surface area (Å²) in [5.41, 5.74) is 6.14. The molecule has 1 aliphatic heterocycles. The van der Waals surface area contributed by atoms with E-state index in [1.807, 2.05) is 0 Å². The lowest BCUT2D eigenvalue weighted by molar-refractivity contribution is -0.151. The Hall–Kier alpha value is -1.10. The van der Waals surface area contributed by atoms with Gasteiger partial charge in [0.15, 0.2) is 0 Å². The maximum atomic E-state index is 12.2. The van der Waals surface area contributed by atoms with Crippen LogP contribution in [0.15, 0.2) is 4.99 Å². The lowest BCUT2D eigenvalue weighted by atomic mass is 9.78. The molecule has 1 aliphatic carbocycles. The summed E-state index contributed by atoms with van der Waals surface area (Å²) in [6.07, 6.45) is 7.54. The van der Waals surface area contributed by atoms with Crippen molar-refractivity contribution in [2.45, 2.75) is 58.0 Å². The molecule has 2 rings (SSSR count). The number of nitrogens with two attached hydrogens (primary N) is 1. The van der Waals surface area contributed by atoms with Gasteiger partial charge in [0.2, 0.25) is 0 Å². The highest BCUT2D eigenvalue weighted by Crippen LogP contribution is 2.31. The summed E-state index contributed by atoms with van der Waals surface area (Å²) in [6.45, 7) is 4.04. The third-order valence-electron chi connectivity index (χ3n) is 4.32. The van der Waals surface area contributed by atoms with E-state index >= 15 is 0 Å². The number of rotatable bonds is 8. The first-order valence-corrected chi connectivity index (χ1v) is 8.30. The Balaban J connectivity index is 1.85. The molecule has 5 heteroatoms. The molecule has 2 N–H and O–H groups in total. The molecule has 0 bridgehead atoms. The molecule has 5 nitrogen and oxygen atoms in total. The van der Waals surface area contributed by atoms with E-state index in [2.05, 4.69) is 11.9 Å². The lowest BCUT2D eigenvalue weighted by Gasteiger charge is -2.29. The molecule has 0 spiro atoms. The molecule has 1 saturated carbocycles. The molecular formula is C16H28N2O3. The summed E-state index contributed by atoms with van der Waals surface area (Å²) in [5, 5.41) is 0. The fraction of sp³-hybridized carbons (Fsp3) is 0.875. The average molecular weight is 296 g/mol. The number of hydrogen-bond donors (Lipinski definition) is 1. The summed E-state index contributed by atoms with van der Waals surface area (Å²) >= 11 is 0. The normalized spacial score (nSPS) is 29.2. The van der Waals surface area contributed by atoms with E-state index in [0.717, 1.165) is 38.6 Å². The van der Waals surface area contributed by atoms with Crippen molar-refractivity contribution in [3.05, 3.63) is 0 Å². The molecule has 3 unspecified atom stereocenters. The highest BCUT2D eigenvalue weighted by molar-refractivity contribution is 5.88. The van der Waals surface area contributed by atoms with E-state index in [9.17, 15) is 4.79 Å². The minimum atomic E-state index is -0.123. The van der Waals surface area contributed by atoms with E-state index in [1.165, 1.54) is 12.8 Å². The Morgan fingerprint density at radius 2 is 2.00 bits per heavy atom. The smallest absolute Gasteiger partial charge is 0.309 e. The standard InChI is InChI=1S/C16H28N2O3/c1-2-3-6-9-18-15(17)13-7-4-5-8-14(13)16(19)21-11-12-10-20-12/h12-14H,2-11H2,1H3,(H2,17,18). The van der Waals surface area contributed by atoms with E-state index in [-0.39, 0.29) is 23.9 Å². The van der Waals surface area contributed by atoms with Crippen molar-refractivity contribution in [1.29, 1.82) is 0 Å². The molecule has 0 aromatic rings. The number of nitrogens with zero attached hydrogens (tertiary/aromatic N) is 1. The zero-order valence-electron chi connectivity index (χ0n) is 13.1. The molecular weight excluding hydrogens is 268 g/mol. The molecule has 2 aliphatic rings. The molecule has 1 heterocycles. The SMILES string of the molecule is CCCCCN=C(N)C1CCCCC1C(=O)OCC1CO1. The van der Waals surface area contributed by atoms with E-state index in [1.54, 1.807) is 0 Å².